The molecule has 4 fully saturated rings. The Kier molecular flexibility index (Phi) is 5.07. The molecule has 0 saturated heterocycles. The van der Waals surface area contributed by atoms with E-state index in [0.29, 0.717) is 54.6 Å². The van der Waals surface area contributed by atoms with Gasteiger partial charge in [-0.2, -0.15) is 0 Å². The summed E-state index contributed by atoms with van der Waals surface area (Å²) in [7, 11) is 0. The number of furan rings is 1. The Morgan fingerprint density at radius 3 is 2.33 bits per heavy atom. The summed E-state index contributed by atoms with van der Waals surface area (Å²) in [5.74, 6) is 3.30. The third kappa shape index (κ3) is 3.87. The number of nitrogens with zero attached hydrogens (tertiary/aromatic N) is 1. The molecule has 0 radical (unpaired) electrons. The summed E-state index contributed by atoms with van der Waals surface area (Å²) in [6.45, 7) is 1.06. The lowest BCUT2D eigenvalue weighted by molar-refractivity contribution is -0.156. The first-order valence-corrected chi connectivity index (χ1v) is 12.0. The van der Waals surface area contributed by atoms with Crippen LogP contribution < -0.4 is 9.47 Å². The van der Waals surface area contributed by atoms with Crippen molar-refractivity contribution in [1.82, 2.24) is 4.90 Å². The van der Waals surface area contributed by atoms with Crippen LogP contribution in [0.25, 0.3) is 0 Å². The second-order valence-corrected chi connectivity index (χ2v) is 10.1. The van der Waals surface area contributed by atoms with Gasteiger partial charge in [0.15, 0.2) is 18.1 Å². The van der Waals surface area contributed by atoms with Crippen molar-refractivity contribution in [2.24, 2.45) is 17.8 Å². The largest absolute Gasteiger partial charge is 0.486 e. The van der Waals surface area contributed by atoms with E-state index in [4.69, 9.17) is 18.6 Å². The van der Waals surface area contributed by atoms with Gasteiger partial charge < -0.3 is 23.5 Å². The molecule has 4 saturated carbocycles. The fourth-order valence-electron chi connectivity index (χ4n) is 6.93. The van der Waals surface area contributed by atoms with Gasteiger partial charge in [0.2, 0.25) is 0 Å². The number of carbonyl (C=O) groups is 2. The van der Waals surface area contributed by atoms with E-state index in [1.165, 1.54) is 19.3 Å². The van der Waals surface area contributed by atoms with Crippen molar-refractivity contribution >= 4 is 11.9 Å². The molecule has 4 bridgehead atoms. The number of amides is 1. The van der Waals surface area contributed by atoms with Crippen LogP contribution in [0.5, 0.6) is 11.5 Å². The number of rotatable bonds is 6. The minimum atomic E-state index is -0.538. The molecule has 5 aliphatic rings. The second kappa shape index (κ2) is 8.12. The third-order valence-electron chi connectivity index (χ3n) is 7.88. The molecule has 1 amide bonds. The number of hydrogen-bond donors (Lipinski definition) is 0. The molecule has 0 unspecified atom stereocenters. The normalized spacial score (nSPS) is 29.0. The number of ether oxygens (including phenoxy) is 3. The Morgan fingerprint density at radius 1 is 0.970 bits per heavy atom. The highest BCUT2D eigenvalue weighted by Gasteiger charge is 2.54. The molecule has 0 spiro atoms. The van der Waals surface area contributed by atoms with Gasteiger partial charge in [-0.05, 0) is 86.6 Å². The van der Waals surface area contributed by atoms with Crippen LogP contribution in [0, 0.1) is 17.8 Å². The Hall–Kier alpha value is -2.96. The van der Waals surface area contributed by atoms with Crippen LogP contribution in [0.2, 0.25) is 0 Å². The van der Waals surface area contributed by atoms with E-state index in [1.807, 2.05) is 17.0 Å². The summed E-state index contributed by atoms with van der Waals surface area (Å²) in [5, 5.41) is 0. The van der Waals surface area contributed by atoms with Gasteiger partial charge in [-0.25, -0.2) is 4.79 Å². The van der Waals surface area contributed by atoms with Crippen molar-refractivity contribution < 1.29 is 28.2 Å². The summed E-state index contributed by atoms with van der Waals surface area (Å²) in [6.07, 6.45) is 8.65. The minimum absolute atomic E-state index is 0.151. The Bertz CT molecular complexity index is 1010. The van der Waals surface area contributed by atoms with Crippen molar-refractivity contribution in [2.75, 3.05) is 19.8 Å². The Labute approximate surface area is 193 Å². The van der Waals surface area contributed by atoms with Gasteiger partial charge in [-0.3, -0.25) is 4.79 Å². The van der Waals surface area contributed by atoms with Gasteiger partial charge >= 0.3 is 5.97 Å². The molecule has 1 aliphatic heterocycles. The van der Waals surface area contributed by atoms with E-state index in [0.717, 1.165) is 25.0 Å². The van der Waals surface area contributed by atoms with E-state index >= 15 is 0 Å². The average Bonchev–Trinajstić information content (AvgIpc) is 3.33. The van der Waals surface area contributed by atoms with Crippen LogP contribution >= 0.6 is 0 Å². The lowest BCUT2D eigenvalue weighted by atomic mass is 9.52. The van der Waals surface area contributed by atoms with E-state index < -0.39 is 5.97 Å². The van der Waals surface area contributed by atoms with Crippen LogP contribution in [0.4, 0.5) is 0 Å². The molecule has 1 aromatic carbocycles. The highest BCUT2D eigenvalue weighted by atomic mass is 16.6. The van der Waals surface area contributed by atoms with Crippen molar-refractivity contribution in [2.45, 2.75) is 50.6 Å². The van der Waals surface area contributed by atoms with Gasteiger partial charge in [0, 0.05) is 5.54 Å². The Morgan fingerprint density at radius 2 is 1.67 bits per heavy atom. The molecule has 174 valence electrons. The van der Waals surface area contributed by atoms with Gasteiger partial charge in [0.05, 0.1) is 18.4 Å². The predicted molar refractivity (Wildman–Crippen MR) is 118 cm³/mol. The summed E-state index contributed by atoms with van der Waals surface area (Å²) in [4.78, 5) is 28.2. The molecule has 33 heavy (non-hydrogen) atoms. The fourth-order valence-corrected chi connectivity index (χ4v) is 6.93. The number of fused-ring (bicyclic) bond motifs is 1. The van der Waals surface area contributed by atoms with Crippen LogP contribution in [-0.4, -0.2) is 42.1 Å². The summed E-state index contributed by atoms with van der Waals surface area (Å²) in [6, 6.07) is 8.70. The predicted octanol–water partition coefficient (Wildman–Crippen LogP) is 4.21. The maximum atomic E-state index is 13.5. The van der Waals surface area contributed by atoms with Crippen molar-refractivity contribution in [1.29, 1.82) is 0 Å². The highest BCUT2D eigenvalue weighted by molar-refractivity contribution is 5.92. The number of hydrogen-bond acceptors (Lipinski definition) is 6. The van der Waals surface area contributed by atoms with Crippen molar-refractivity contribution in [3.8, 4) is 11.5 Å². The number of esters is 1. The van der Waals surface area contributed by atoms with Crippen LogP contribution in [-0.2, 0) is 16.1 Å². The fraction of sp³-hybridized carbons (Fsp3) is 0.538. The average molecular weight is 452 g/mol. The summed E-state index contributed by atoms with van der Waals surface area (Å²) in [5.41, 5.74) is 0.196. The molecule has 2 aromatic rings. The molecule has 2 heterocycles. The Balaban J connectivity index is 1.19. The molecule has 0 atom stereocenters. The number of carbonyl (C=O) groups excluding carboxylic acids is 2. The summed E-state index contributed by atoms with van der Waals surface area (Å²) >= 11 is 0. The first kappa shape index (κ1) is 20.6. The SMILES string of the molecule is O=C(OCC(=O)N(Cc1ccco1)C12CC3CC(CC(C3)C1)C2)c1ccc2c(c1)OCCO2. The molecule has 4 aliphatic carbocycles. The van der Waals surface area contributed by atoms with Gasteiger partial charge in [0.1, 0.15) is 19.0 Å². The lowest BCUT2D eigenvalue weighted by Gasteiger charge is -2.60. The quantitative estimate of drug-likeness (QED) is 0.613. The van der Waals surface area contributed by atoms with Gasteiger partial charge in [-0.1, -0.05) is 0 Å². The monoisotopic (exact) mass is 451 g/mol. The van der Waals surface area contributed by atoms with Crippen LogP contribution in [0.1, 0.15) is 54.6 Å². The topological polar surface area (TPSA) is 78.2 Å². The first-order valence-electron chi connectivity index (χ1n) is 12.0. The zero-order chi connectivity index (χ0) is 22.4. The smallest absolute Gasteiger partial charge is 0.338 e. The standard InChI is InChI=1S/C26H29NO6/c28-24(16-33-25(29)20-3-4-22-23(11-20)32-7-6-31-22)27(15-21-2-1-5-30-21)26-12-17-8-18(13-26)10-19(9-17)14-26/h1-5,11,17-19H,6-10,12-16H2. The molecular weight excluding hydrogens is 422 g/mol. The molecule has 7 heteroatoms. The molecular formula is C26H29NO6. The zero-order valence-electron chi connectivity index (χ0n) is 18.7. The molecule has 0 N–H and O–H groups in total. The van der Waals surface area contributed by atoms with Crippen molar-refractivity contribution in [3.05, 3.63) is 47.9 Å². The van der Waals surface area contributed by atoms with Gasteiger partial charge in [-0.15, -0.1) is 0 Å². The lowest BCUT2D eigenvalue weighted by Crippen LogP contribution is -2.61. The van der Waals surface area contributed by atoms with E-state index in [9.17, 15) is 9.59 Å². The van der Waals surface area contributed by atoms with Crippen LogP contribution in [0.3, 0.4) is 0 Å². The second-order valence-electron chi connectivity index (χ2n) is 10.1. The third-order valence-corrected chi connectivity index (χ3v) is 7.88. The van der Waals surface area contributed by atoms with E-state index in [2.05, 4.69) is 0 Å². The van der Waals surface area contributed by atoms with E-state index in [-0.39, 0.29) is 18.1 Å². The first-order chi connectivity index (χ1) is 16.1. The maximum absolute atomic E-state index is 13.5. The maximum Gasteiger partial charge on any atom is 0.338 e. The van der Waals surface area contributed by atoms with E-state index in [1.54, 1.807) is 24.5 Å². The summed E-state index contributed by atoms with van der Waals surface area (Å²) < 4.78 is 22.1. The number of benzene rings is 1. The molecule has 7 nitrogen and oxygen atoms in total. The van der Waals surface area contributed by atoms with Crippen LogP contribution in [0.15, 0.2) is 41.0 Å². The zero-order valence-corrected chi connectivity index (χ0v) is 18.7. The molecule has 7 rings (SSSR count). The molecule has 1 aromatic heterocycles. The highest BCUT2D eigenvalue weighted by Crippen LogP contribution is 2.58. The van der Waals surface area contributed by atoms with Crippen molar-refractivity contribution in [3.63, 3.8) is 0 Å². The minimum Gasteiger partial charge on any atom is -0.486 e. The van der Waals surface area contributed by atoms with Gasteiger partial charge in [0.25, 0.3) is 5.91 Å².